The summed E-state index contributed by atoms with van der Waals surface area (Å²) < 4.78 is 66.8. The molecule has 152 valence electrons. The van der Waals surface area contributed by atoms with E-state index >= 15 is 0 Å². The average Bonchev–Trinajstić information content (AvgIpc) is 2.67. The van der Waals surface area contributed by atoms with Crippen molar-refractivity contribution in [3.8, 4) is 0 Å². The minimum absolute atomic E-state index is 0.0441. The van der Waals surface area contributed by atoms with Crippen LogP contribution in [0.4, 0.5) is 4.39 Å². The van der Waals surface area contributed by atoms with Crippen molar-refractivity contribution in [1.29, 1.82) is 0 Å². The van der Waals surface area contributed by atoms with Crippen LogP contribution in [-0.2, 0) is 25.8 Å². The highest BCUT2D eigenvalue weighted by Gasteiger charge is 2.30. The molecule has 1 aromatic carbocycles. The molecule has 1 saturated heterocycles. The molecule has 3 rings (SSSR count). The Morgan fingerprint density at radius 3 is 2.50 bits per heavy atom. The summed E-state index contributed by atoms with van der Waals surface area (Å²) >= 11 is 0. The summed E-state index contributed by atoms with van der Waals surface area (Å²) in [7, 11) is -7.17. The van der Waals surface area contributed by atoms with E-state index in [2.05, 4.69) is 9.71 Å². The second-order valence-corrected chi connectivity index (χ2v) is 10.5. The van der Waals surface area contributed by atoms with E-state index in [1.165, 1.54) is 41.0 Å². The van der Waals surface area contributed by atoms with Crippen molar-refractivity contribution in [3.63, 3.8) is 0 Å². The fourth-order valence-corrected chi connectivity index (χ4v) is 5.79. The predicted octanol–water partition coefficient (Wildman–Crippen LogP) is 1.74. The molecule has 0 spiro atoms. The Morgan fingerprint density at radius 2 is 1.86 bits per heavy atom. The lowest BCUT2D eigenvalue weighted by atomic mass is 9.99. The summed E-state index contributed by atoms with van der Waals surface area (Å²) in [5.41, 5.74) is 0.380. The van der Waals surface area contributed by atoms with Gasteiger partial charge in [0.2, 0.25) is 20.0 Å². The Kier molecular flexibility index (Phi) is 6.43. The molecule has 1 fully saturated rings. The monoisotopic (exact) mass is 427 g/mol. The first kappa shape index (κ1) is 20.8. The Bertz CT molecular complexity index is 1010. The van der Waals surface area contributed by atoms with E-state index < -0.39 is 25.9 Å². The van der Waals surface area contributed by atoms with Gasteiger partial charge in [0.1, 0.15) is 10.7 Å². The summed E-state index contributed by atoms with van der Waals surface area (Å²) in [4.78, 5) is 4.01. The zero-order valence-electron chi connectivity index (χ0n) is 15.2. The van der Waals surface area contributed by atoms with Crippen LogP contribution in [0.1, 0.15) is 18.4 Å². The standard InChI is InChI=1S/C18H22FN3O4S2/c19-17-4-1-3-16(11-17)14-27(23,24)21-12-15-6-9-22(10-7-15)28(25,26)18-5-2-8-20-13-18/h1-5,8,11,13,15,21H,6-7,9-10,12,14H2. The number of benzene rings is 1. The smallest absolute Gasteiger partial charge is 0.244 e. The van der Waals surface area contributed by atoms with Gasteiger partial charge in [-0.25, -0.2) is 25.9 Å². The molecule has 0 radical (unpaired) electrons. The number of aromatic nitrogens is 1. The number of rotatable bonds is 7. The second kappa shape index (κ2) is 8.64. The molecule has 2 heterocycles. The minimum atomic E-state index is -3.59. The summed E-state index contributed by atoms with van der Waals surface area (Å²) in [6.07, 6.45) is 3.95. The van der Waals surface area contributed by atoms with Gasteiger partial charge in [-0.05, 0) is 48.6 Å². The molecule has 0 saturated carbocycles. The van der Waals surface area contributed by atoms with Gasteiger partial charge in [0.25, 0.3) is 0 Å². The van der Waals surface area contributed by atoms with E-state index in [1.54, 1.807) is 12.1 Å². The Morgan fingerprint density at radius 1 is 1.11 bits per heavy atom. The molecule has 0 amide bonds. The average molecular weight is 428 g/mol. The van der Waals surface area contributed by atoms with Crippen LogP contribution in [0.3, 0.4) is 0 Å². The molecule has 1 N–H and O–H groups in total. The molecule has 10 heteroatoms. The van der Waals surface area contributed by atoms with Gasteiger partial charge in [-0.1, -0.05) is 12.1 Å². The molecule has 7 nitrogen and oxygen atoms in total. The number of hydrogen-bond acceptors (Lipinski definition) is 5. The zero-order chi connectivity index (χ0) is 20.2. The number of sulfonamides is 2. The largest absolute Gasteiger partial charge is 0.263 e. The molecule has 1 aromatic heterocycles. The summed E-state index contributed by atoms with van der Waals surface area (Å²) in [6.45, 7) is 0.888. The topological polar surface area (TPSA) is 96.4 Å². The summed E-state index contributed by atoms with van der Waals surface area (Å²) in [6, 6.07) is 8.57. The second-order valence-electron chi connectivity index (χ2n) is 6.77. The van der Waals surface area contributed by atoms with E-state index in [4.69, 9.17) is 0 Å². The molecular weight excluding hydrogens is 405 g/mol. The van der Waals surface area contributed by atoms with Crippen LogP contribution in [0.2, 0.25) is 0 Å². The first-order valence-electron chi connectivity index (χ1n) is 8.88. The van der Waals surface area contributed by atoms with Crippen LogP contribution in [0.25, 0.3) is 0 Å². The van der Waals surface area contributed by atoms with E-state index in [0.717, 1.165) is 0 Å². The third-order valence-corrected chi connectivity index (χ3v) is 7.89. The molecule has 28 heavy (non-hydrogen) atoms. The van der Waals surface area contributed by atoms with Gasteiger partial charge in [0, 0.05) is 32.0 Å². The maximum atomic E-state index is 13.2. The van der Waals surface area contributed by atoms with Gasteiger partial charge in [-0.15, -0.1) is 0 Å². The van der Waals surface area contributed by atoms with Crippen LogP contribution < -0.4 is 4.72 Å². The molecular formula is C18H22FN3O4S2. The Hall–Kier alpha value is -1.88. The number of hydrogen-bond donors (Lipinski definition) is 1. The lowest BCUT2D eigenvalue weighted by Crippen LogP contribution is -2.41. The summed E-state index contributed by atoms with van der Waals surface area (Å²) in [5.74, 6) is -0.726. The fraction of sp³-hybridized carbons (Fsp3) is 0.389. The van der Waals surface area contributed by atoms with Gasteiger partial charge in [0.05, 0.1) is 5.75 Å². The lowest BCUT2D eigenvalue weighted by molar-refractivity contribution is 0.274. The van der Waals surface area contributed by atoms with E-state index in [1.807, 2.05) is 0 Å². The first-order chi connectivity index (χ1) is 13.3. The number of piperidine rings is 1. The third-order valence-electron chi connectivity index (χ3n) is 4.68. The van der Waals surface area contributed by atoms with Crippen LogP contribution in [0.15, 0.2) is 53.7 Å². The van der Waals surface area contributed by atoms with Gasteiger partial charge < -0.3 is 0 Å². The van der Waals surface area contributed by atoms with Crippen molar-refractivity contribution < 1.29 is 21.2 Å². The predicted molar refractivity (Wildman–Crippen MR) is 103 cm³/mol. The van der Waals surface area contributed by atoms with Gasteiger partial charge in [-0.3, -0.25) is 4.98 Å². The molecule has 0 bridgehead atoms. The number of halogens is 1. The highest BCUT2D eigenvalue weighted by Crippen LogP contribution is 2.23. The quantitative estimate of drug-likeness (QED) is 0.726. The minimum Gasteiger partial charge on any atom is -0.263 e. The fourth-order valence-electron chi connectivity index (χ4n) is 3.14. The van der Waals surface area contributed by atoms with Gasteiger partial charge in [0.15, 0.2) is 0 Å². The van der Waals surface area contributed by atoms with E-state index in [9.17, 15) is 21.2 Å². The van der Waals surface area contributed by atoms with Crippen molar-refractivity contribution >= 4 is 20.0 Å². The maximum Gasteiger partial charge on any atom is 0.244 e. The lowest BCUT2D eigenvalue weighted by Gasteiger charge is -2.31. The van der Waals surface area contributed by atoms with Crippen LogP contribution >= 0.6 is 0 Å². The number of pyridine rings is 1. The van der Waals surface area contributed by atoms with Crippen molar-refractivity contribution in [1.82, 2.24) is 14.0 Å². The zero-order valence-corrected chi connectivity index (χ0v) is 16.8. The molecule has 0 aliphatic carbocycles. The molecule has 1 aliphatic heterocycles. The highest BCUT2D eigenvalue weighted by molar-refractivity contribution is 7.89. The van der Waals surface area contributed by atoms with Gasteiger partial charge in [-0.2, -0.15) is 4.31 Å². The first-order valence-corrected chi connectivity index (χ1v) is 12.0. The Balaban J connectivity index is 1.52. The summed E-state index contributed by atoms with van der Waals surface area (Å²) in [5, 5.41) is 0. The van der Waals surface area contributed by atoms with Gasteiger partial charge >= 0.3 is 0 Å². The van der Waals surface area contributed by atoms with Crippen LogP contribution in [0.5, 0.6) is 0 Å². The molecule has 0 unspecified atom stereocenters. The maximum absolute atomic E-state index is 13.2. The van der Waals surface area contributed by atoms with Crippen LogP contribution in [-0.4, -0.2) is 45.8 Å². The van der Waals surface area contributed by atoms with E-state index in [0.29, 0.717) is 31.5 Å². The Labute approximate surface area is 164 Å². The van der Waals surface area contributed by atoms with Crippen molar-refractivity contribution in [2.45, 2.75) is 23.5 Å². The number of nitrogens with one attached hydrogen (secondary N) is 1. The van der Waals surface area contributed by atoms with Crippen molar-refractivity contribution in [3.05, 3.63) is 60.2 Å². The molecule has 1 aliphatic rings. The van der Waals surface area contributed by atoms with Crippen LogP contribution in [0, 0.1) is 11.7 Å². The number of nitrogens with zero attached hydrogens (tertiary/aromatic N) is 2. The third kappa shape index (κ3) is 5.34. The van der Waals surface area contributed by atoms with E-state index in [-0.39, 0.29) is 23.1 Å². The molecule has 0 atom stereocenters. The van der Waals surface area contributed by atoms with Crippen molar-refractivity contribution in [2.24, 2.45) is 5.92 Å². The molecule has 2 aromatic rings. The highest BCUT2D eigenvalue weighted by atomic mass is 32.2. The SMILES string of the molecule is O=S(=O)(Cc1cccc(F)c1)NCC1CCN(S(=O)(=O)c2cccnc2)CC1. The normalized spacial score (nSPS) is 16.9. The van der Waals surface area contributed by atoms with Crippen molar-refractivity contribution in [2.75, 3.05) is 19.6 Å².